The van der Waals surface area contributed by atoms with Crippen LogP contribution in [-0.2, 0) is 9.73 Å². The Labute approximate surface area is 183 Å². The molecule has 2 amide bonds. The summed E-state index contributed by atoms with van der Waals surface area (Å²) < 4.78 is 47.9. The van der Waals surface area contributed by atoms with Crippen molar-refractivity contribution < 1.29 is 17.8 Å². The third-order valence-electron chi connectivity index (χ3n) is 4.97. The monoisotopic (exact) mass is 462 g/mol. The van der Waals surface area contributed by atoms with Crippen LogP contribution >= 0.6 is 11.3 Å². The van der Waals surface area contributed by atoms with Gasteiger partial charge in [0.15, 0.2) is 5.13 Å². The number of nitrogens with zero attached hydrogens (tertiary/aromatic N) is 3. The van der Waals surface area contributed by atoms with E-state index in [9.17, 15) is 17.8 Å². The Balaban J connectivity index is 1.61. The molecule has 31 heavy (non-hydrogen) atoms. The average molecular weight is 463 g/mol. The number of hydrogen-bond donors (Lipinski definition) is 1. The molecule has 1 atom stereocenters. The fraction of sp³-hybridized carbons (Fsp3) is 0.238. The highest BCUT2D eigenvalue weighted by atomic mass is 32.2. The highest BCUT2D eigenvalue weighted by Gasteiger charge is 2.31. The van der Waals surface area contributed by atoms with Crippen LogP contribution in [0.1, 0.15) is 12.1 Å². The molecule has 1 fully saturated rings. The average Bonchev–Trinajstić information content (AvgIpc) is 3.12. The van der Waals surface area contributed by atoms with Gasteiger partial charge < -0.3 is 0 Å². The number of anilines is 2. The topological polar surface area (TPSA) is 77.4 Å². The number of aryl methyl sites for hydroxylation is 1. The fourth-order valence-electron chi connectivity index (χ4n) is 3.53. The molecule has 0 spiro atoms. The summed E-state index contributed by atoms with van der Waals surface area (Å²) in [5, 5.41) is 0.419. The lowest BCUT2D eigenvalue weighted by Crippen LogP contribution is -2.49. The van der Waals surface area contributed by atoms with Crippen molar-refractivity contribution in [3.05, 3.63) is 59.8 Å². The molecule has 6 nitrogen and oxygen atoms in total. The third kappa shape index (κ3) is 4.17. The smallest absolute Gasteiger partial charge is 0.294 e. The predicted octanol–water partition coefficient (Wildman–Crippen LogP) is 5.27. The van der Waals surface area contributed by atoms with E-state index < -0.39 is 21.4 Å². The number of thiazole rings is 1. The Morgan fingerprint density at radius 3 is 2.42 bits per heavy atom. The lowest BCUT2D eigenvalue weighted by Gasteiger charge is -2.34. The first-order valence-corrected chi connectivity index (χ1v) is 12.3. The van der Waals surface area contributed by atoms with Crippen molar-refractivity contribution in [1.29, 1.82) is 4.78 Å². The minimum atomic E-state index is -2.93. The van der Waals surface area contributed by atoms with E-state index in [0.717, 1.165) is 29.5 Å². The second-order valence-corrected chi connectivity index (χ2v) is 10.7. The second kappa shape index (κ2) is 8.01. The molecule has 4 rings (SSSR count). The lowest BCUT2D eigenvalue weighted by atomic mass is 10.0. The molecule has 1 N–H and O–H groups in total. The first-order chi connectivity index (χ1) is 14.6. The van der Waals surface area contributed by atoms with E-state index in [2.05, 4.69) is 4.98 Å². The summed E-state index contributed by atoms with van der Waals surface area (Å²) in [6.07, 6.45) is 2.03. The molecule has 0 bridgehead atoms. The number of urea groups is 1. The third-order valence-corrected chi connectivity index (χ3v) is 8.15. The number of hydrogen-bond acceptors (Lipinski definition) is 5. The van der Waals surface area contributed by atoms with E-state index in [1.54, 1.807) is 36.1 Å². The van der Waals surface area contributed by atoms with Gasteiger partial charge in [0.1, 0.15) is 15.8 Å². The molecule has 10 heteroatoms. The Kier molecular flexibility index (Phi) is 5.52. The van der Waals surface area contributed by atoms with Gasteiger partial charge in [-0.1, -0.05) is 23.5 Å². The second-order valence-electron chi connectivity index (χ2n) is 7.32. The van der Waals surface area contributed by atoms with Crippen LogP contribution in [0.15, 0.2) is 46.7 Å². The summed E-state index contributed by atoms with van der Waals surface area (Å²) in [5.74, 6) is -1.05. The Hall–Kier alpha value is -2.85. The number of nitrogens with one attached hydrogen (secondary N) is 1. The normalized spacial score (nSPS) is 16.5. The van der Waals surface area contributed by atoms with Crippen molar-refractivity contribution >= 4 is 37.9 Å². The zero-order valence-corrected chi connectivity index (χ0v) is 18.5. The minimum Gasteiger partial charge on any atom is -0.294 e. The number of carbonyl (C=O) groups is 1. The summed E-state index contributed by atoms with van der Waals surface area (Å²) in [7, 11) is -2.93. The van der Waals surface area contributed by atoms with Crippen molar-refractivity contribution in [2.24, 2.45) is 0 Å². The van der Waals surface area contributed by atoms with E-state index in [-0.39, 0.29) is 11.6 Å². The van der Waals surface area contributed by atoms with Gasteiger partial charge in [0.25, 0.3) is 0 Å². The number of carbonyl (C=O) groups excluding carboxylic acids is 1. The highest BCUT2D eigenvalue weighted by Crippen LogP contribution is 2.33. The van der Waals surface area contributed by atoms with Crippen LogP contribution in [-0.4, -0.2) is 34.6 Å². The highest BCUT2D eigenvalue weighted by molar-refractivity contribution is 7.93. The van der Waals surface area contributed by atoms with Crippen molar-refractivity contribution in [3.63, 3.8) is 0 Å². The molecule has 1 saturated heterocycles. The van der Waals surface area contributed by atoms with E-state index in [1.807, 2.05) is 0 Å². The molecule has 0 unspecified atom stereocenters. The molecule has 162 valence electrons. The Morgan fingerprint density at radius 2 is 1.77 bits per heavy atom. The van der Waals surface area contributed by atoms with Gasteiger partial charge in [-0.3, -0.25) is 9.80 Å². The standard InChI is InChI=1S/C21H20F2N4O2S2/c1-13-19(31(2,24)29)30-20(25-13)27-11-3-10-26(21(27)28)16-7-4-14(5-8-16)17-12-15(22)6-9-18(17)23/h4-9,12,24H,3,10-11H2,1-2H3/t31-/m1/s1. The molecule has 2 heterocycles. The predicted molar refractivity (Wildman–Crippen MR) is 118 cm³/mol. The minimum absolute atomic E-state index is 0.155. The van der Waals surface area contributed by atoms with Gasteiger partial charge in [0, 0.05) is 30.6 Å². The van der Waals surface area contributed by atoms with Gasteiger partial charge in [0.05, 0.1) is 15.4 Å². The van der Waals surface area contributed by atoms with Crippen molar-refractivity contribution in [1.82, 2.24) is 4.98 Å². The molecule has 1 aliphatic rings. The van der Waals surface area contributed by atoms with E-state index in [1.165, 1.54) is 11.2 Å². The summed E-state index contributed by atoms with van der Waals surface area (Å²) in [6.45, 7) is 2.66. The van der Waals surface area contributed by atoms with Crippen LogP contribution in [0.25, 0.3) is 11.1 Å². The largest absolute Gasteiger partial charge is 0.330 e. The molecular weight excluding hydrogens is 442 g/mol. The quantitative estimate of drug-likeness (QED) is 0.574. The summed E-state index contributed by atoms with van der Waals surface area (Å²) in [5.41, 5.74) is 1.79. The van der Waals surface area contributed by atoms with Crippen LogP contribution in [0, 0.1) is 23.3 Å². The molecule has 1 aliphatic heterocycles. The molecule has 1 aromatic heterocycles. The zero-order valence-electron chi connectivity index (χ0n) is 16.9. The molecule has 3 aromatic rings. The number of halogens is 2. The molecule has 0 aliphatic carbocycles. The fourth-order valence-corrected chi connectivity index (χ4v) is 5.82. The van der Waals surface area contributed by atoms with Crippen LogP contribution in [0.4, 0.5) is 24.4 Å². The number of aromatic nitrogens is 1. The molecular formula is C21H20F2N4O2S2. The van der Waals surface area contributed by atoms with Crippen molar-refractivity contribution in [2.45, 2.75) is 17.6 Å². The maximum Gasteiger partial charge on any atom is 0.330 e. The van der Waals surface area contributed by atoms with Gasteiger partial charge in [-0.25, -0.2) is 27.5 Å². The Morgan fingerprint density at radius 1 is 1.10 bits per heavy atom. The summed E-state index contributed by atoms with van der Waals surface area (Å²) in [6, 6.07) is 9.71. The van der Waals surface area contributed by atoms with Gasteiger partial charge in [0.2, 0.25) is 0 Å². The first-order valence-electron chi connectivity index (χ1n) is 9.51. The zero-order chi connectivity index (χ0) is 22.3. The van der Waals surface area contributed by atoms with Crippen LogP contribution in [0.5, 0.6) is 0 Å². The van der Waals surface area contributed by atoms with Gasteiger partial charge in [-0.15, -0.1) is 0 Å². The summed E-state index contributed by atoms with van der Waals surface area (Å²) >= 11 is 1.10. The van der Waals surface area contributed by atoms with Crippen LogP contribution in [0.2, 0.25) is 0 Å². The first kappa shape index (κ1) is 21.4. The maximum atomic E-state index is 14.1. The van der Waals surface area contributed by atoms with Gasteiger partial charge >= 0.3 is 6.03 Å². The molecule has 0 saturated carbocycles. The van der Waals surface area contributed by atoms with Gasteiger partial charge in [-0.05, 0) is 49.2 Å². The van der Waals surface area contributed by atoms with Crippen molar-refractivity contribution in [3.8, 4) is 11.1 Å². The number of amides is 2. The van der Waals surface area contributed by atoms with E-state index in [4.69, 9.17) is 4.78 Å². The SMILES string of the molecule is Cc1nc(N2CCCN(c3ccc(-c4cc(F)ccc4F)cc3)C2=O)sc1[S@](C)(=N)=O. The number of rotatable bonds is 4. The van der Waals surface area contributed by atoms with E-state index >= 15 is 0 Å². The maximum absolute atomic E-state index is 14.1. The Bertz CT molecular complexity index is 1260. The molecule has 2 aromatic carbocycles. The molecule has 0 radical (unpaired) electrons. The lowest BCUT2D eigenvalue weighted by molar-refractivity contribution is 0.248. The van der Waals surface area contributed by atoms with Gasteiger partial charge in [-0.2, -0.15) is 0 Å². The van der Waals surface area contributed by atoms with Crippen molar-refractivity contribution in [2.75, 3.05) is 29.1 Å². The summed E-state index contributed by atoms with van der Waals surface area (Å²) in [4.78, 5) is 20.6. The van der Waals surface area contributed by atoms with E-state index in [0.29, 0.717) is 45.8 Å². The van der Waals surface area contributed by atoms with Crippen LogP contribution < -0.4 is 9.80 Å². The van der Waals surface area contributed by atoms with Crippen LogP contribution in [0.3, 0.4) is 0 Å². The number of benzene rings is 2.